The van der Waals surface area contributed by atoms with E-state index in [0.29, 0.717) is 11.1 Å². The highest BCUT2D eigenvalue weighted by molar-refractivity contribution is 6.30. The number of nitrogens with two attached hydrogens (primary N) is 1. The van der Waals surface area contributed by atoms with Gasteiger partial charge in [-0.2, -0.15) is 0 Å². The number of fused-ring (bicyclic) bond motifs is 1. The maximum atomic E-state index is 6.18. The third-order valence-corrected chi connectivity index (χ3v) is 3.50. The Morgan fingerprint density at radius 1 is 1.31 bits per heavy atom. The van der Waals surface area contributed by atoms with Gasteiger partial charge in [0, 0.05) is 17.0 Å². The van der Waals surface area contributed by atoms with Crippen LogP contribution >= 0.6 is 11.6 Å². The molecule has 1 aromatic heterocycles. The van der Waals surface area contributed by atoms with Crippen LogP contribution < -0.4 is 5.73 Å². The fraction of sp³-hybridized carbons (Fsp3) is 0.308. The summed E-state index contributed by atoms with van der Waals surface area (Å²) in [5.74, 6) is 0.598. The van der Waals surface area contributed by atoms with Crippen molar-refractivity contribution in [2.75, 3.05) is 0 Å². The molecule has 1 heterocycles. The van der Waals surface area contributed by atoms with Gasteiger partial charge in [-0.25, -0.2) is 4.98 Å². The summed E-state index contributed by atoms with van der Waals surface area (Å²) >= 11 is 6.18. The van der Waals surface area contributed by atoms with Gasteiger partial charge in [0.2, 0.25) is 0 Å². The molecular formula is C13H13ClN2. The van der Waals surface area contributed by atoms with Crippen LogP contribution in [0.5, 0.6) is 0 Å². The van der Waals surface area contributed by atoms with Gasteiger partial charge in [0.25, 0.3) is 0 Å². The van der Waals surface area contributed by atoms with E-state index >= 15 is 0 Å². The van der Waals surface area contributed by atoms with Crippen molar-refractivity contribution in [3.05, 3.63) is 41.0 Å². The average Bonchev–Trinajstić information content (AvgIpc) is 3.11. The lowest BCUT2D eigenvalue weighted by atomic mass is 10.0. The molecule has 0 bridgehead atoms. The van der Waals surface area contributed by atoms with Gasteiger partial charge < -0.3 is 5.73 Å². The molecule has 0 saturated heterocycles. The summed E-state index contributed by atoms with van der Waals surface area (Å²) in [6, 6.07) is 10.1. The van der Waals surface area contributed by atoms with Crippen LogP contribution in [0.15, 0.2) is 30.3 Å². The number of halogens is 1. The number of hydrogen-bond acceptors (Lipinski definition) is 2. The minimum absolute atomic E-state index is 0.0459. The van der Waals surface area contributed by atoms with Gasteiger partial charge in [-0.15, -0.1) is 0 Å². The fourth-order valence-electron chi connectivity index (χ4n) is 2.05. The van der Waals surface area contributed by atoms with Crippen LogP contribution in [0.1, 0.15) is 24.4 Å². The molecule has 1 fully saturated rings. The molecule has 0 amide bonds. The molecule has 0 unspecified atom stereocenters. The predicted octanol–water partition coefficient (Wildman–Crippen LogP) is 3.30. The maximum Gasteiger partial charge on any atom is 0.134 e. The first-order valence-corrected chi connectivity index (χ1v) is 5.94. The highest BCUT2D eigenvalue weighted by Gasteiger charge is 2.31. The molecule has 3 rings (SSSR count). The molecule has 0 radical (unpaired) electrons. The monoisotopic (exact) mass is 232 g/mol. The van der Waals surface area contributed by atoms with E-state index in [-0.39, 0.29) is 6.04 Å². The third-order valence-electron chi connectivity index (χ3n) is 3.19. The highest BCUT2D eigenvalue weighted by Crippen LogP contribution is 2.41. The van der Waals surface area contributed by atoms with Crippen molar-refractivity contribution in [1.29, 1.82) is 0 Å². The number of hydrogen-bond donors (Lipinski definition) is 1. The Morgan fingerprint density at radius 2 is 2.06 bits per heavy atom. The summed E-state index contributed by atoms with van der Waals surface area (Å²) in [5, 5.41) is 1.66. The summed E-state index contributed by atoms with van der Waals surface area (Å²) < 4.78 is 0. The largest absolute Gasteiger partial charge is 0.324 e. The summed E-state index contributed by atoms with van der Waals surface area (Å²) in [7, 11) is 0. The zero-order valence-corrected chi connectivity index (χ0v) is 9.61. The van der Waals surface area contributed by atoms with E-state index < -0.39 is 0 Å². The molecule has 16 heavy (non-hydrogen) atoms. The van der Waals surface area contributed by atoms with E-state index in [1.807, 2.05) is 24.3 Å². The zero-order valence-electron chi connectivity index (χ0n) is 8.86. The topological polar surface area (TPSA) is 38.9 Å². The number of para-hydroxylation sites is 1. The Balaban J connectivity index is 2.13. The minimum atomic E-state index is 0.0459. The normalized spacial score (nSPS) is 17.6. The standard InChI is InChI=1S/C13H13ClN2/c14-13-10(12(15)8-5-6-8)7-9-3-1-2-4-11(9)16-13/h1-4,7-8,12H,5-6,15H2/t12-/m1/s1. The molecule has 1 aliphatic rings. The van der Waals surface area contributed by atoms with Gasteiger partial charge in [-0.1, -0.05) is 29.8 Å². The lowest BCUT2D eigenvalue weighted by Crippen LogP contribution is -2.13. The van der Waals surface area contributed by atoms with Crippen molar-refractivity contribution in [1.82, 2.24) is 4.98 Å². The third kappa shape index (κ3) is 1.68. The van der Waals surface area contributed by atoms with Gasteiger partial charge in [-0.3, -0.25) is 0 Å². The molecule has 0 spiro atoms. The van der Waals surface area contributed by atoms with Crippen molar-refractivity contribution >= 4 is 22.5 Å². The van der Waals surface area contributed by atoms with Crippen molar-refractivity contribution in [2.45, 2.75) is 18.9 Å². The Bertz CT molecular complexity index is 534. The second-order valence-corrected chi connectivity index (χ2v) is 4.78. The average molecular weight is 233 g/mol. The van der Waals surface area contributed by atoms with E-state index in [9.17, 15) is 0 Å². The fourth-order valence-corrected chi connectivity index (χ4v) is 2.32. The molecule has 0 aliphatic heterocycles. The van der Waals surface area contributed by atoms with Crippen molar-refractivity contribution < 1.29 is 0 Å². The molecule has 1 saturated carbocycles. The second-order valence-electron chi connectivity index (χ2n) is 4.42. The quantitative estimate of drug-likeness (QED) is 0.807. The lowest BCUT2D eigenvalue weighted by molar-refractivity contribution is 0.632. The Kier molecular flexibility index (Phi) is 2.34. The van der Waals surface area contributed by atoms with E-state index in [1.54, 1.807) is 0 Å². The number of nitrogens with zero attached hydrogens (tertiary/aromatic N) is 1. The number of rotatable bonds is 2. The van der Waals surface area contributed by atoms with Gasteiger partial charge in [0.1, 0.15) is 5.15 Å². The number of aromatic nitrogens is 1. The van der Waals surface area contributed by atoms with Crippen LogP contribution in [0.2, 0.25) is 5.15 Å². The molecule has 1 aromatic carbocycles. The molecule has 2 aromatic rings. The van der Waals surface area contributed by atoms with Crippen LogP contribution in [0.4, 0.5) is 0 Å². The van der Waals surface area contributed by atoms with Gasteiger partial charge in [0.05, 0.1) is 5.52 Å². The van der Waals surface area contributed by atoms with Crippen LogP contribution in [0.25, 0.3) is 10.9 Å². The Morgan fingerprint density at radius 3 is 2.81 bits per heavy atom. The predicted molar refractivity (Wildman–Crippen MR) is 66.4 cm³/mol. The maximum absolute atomic E-state index is 6.18. The van der Waals surface area contributed by atoms with Gasteiger partial charge in [-0.05, 0) is 30.9 Å². The summed E-state index contributed by atoms with van der Waals surface area (Å²) in [6.45, 7) is 0. The van der Waals surface area contributed by atoms with Crippen LogP contribution in [0.3, 0.4) is 0 Å². The number of pyridine rings is 1. The smallest absolute Gasteiger partial charge is 0.134 e. The van der Waals surface area contributed by atoms with Crippen molar-refractivity contribution in [2.24, 2.45) is 11.7 Å². The molecule has 1 aliphatic carbocycles. The minimum Gasteiger partial charge on any atom is -0.324 e. The van der Waals surface area contributed by atoms with Crippen molar-refractivity contribution in [3.8, 4) is 0 Å². The van der Waals surface area contributed by atoms with Gasteiger partial charge in [0.15, 0.2) is 0 Å². The van der Waals surface area contributed by atoms with Crippen LogP contribution in [-0.2, 0) is 0 Å². The lowest BCUT2D eigenvalue weighted by Gasteiger charge is -2.12. The highest BCUT2D eigenvalue weighted by atomic mass is 35.5. The molecule has 3 heteroatoms. The SMILES string of the molecule is N[C@@H](c1cc2ccccc2nc1Cl)C1CC1. The van der Waals surface area contributed by atoms with E-state index in [4.69, 9.17) is 17.3 Å². The van der Waals surface area contributed by atoms with Crippen LogP contribution in [0, 0.1) is 5.92 Å². The van der Waals surface area contributed by atoms with E-state index in [1.165, 1.54) is 12.8 Å². The Hall–Kier alpha value is -1.12. The first-order chi connectivity index (χ1) is 7.75. The molecule has 2 nitrogen and oxygen atoms in total. The van der Waals surface area contributed by atoms with Gasteiger partial charge >= 0.3 is 0 Å². The first kappa shape index (κ1) is 10.1. The van der Waals surface area contributed by atoms with E-state index in [0.717, 1.165) is 16.5 Å². The van der Waals surface area contributed by atoms with E-state index in [2.05, 4.69) is 11.1 Å². The molecule has 82 valence electrons. The summed E-state index contributed by atoms with van der Waals surface area (Å²) in [4.78, 5) is 4.39. The molecule has 1 atom stereocenters. The second kappa shape index (κ2) is 3.72. The Labute approximate surface area is 99.4 Å². The van der Waals surface area contributed by atoms with Crippen molar-refractivity contribution in [3.63, 3.8) is 0 Å². The summed E-state index contributed by atoms with van der Waals surface area (Å²) in [6.07, 6.45) is 2.43. The molecule has 2 N–H and O–H groups in total. The van der Waals surface area contributed by atoms with Crippen LogP contribution in [-0.4, -0.2) is 4.98 Å². The number of benzene rings is 1. The zero-order chi connectivity index (χ0) is 11.1. The summed E-state index contributed by atoms with van der Waals surface area (Å²) in [5.41, 5.74) is 8.09. The first-order valence-electron chi connectivity index (χ1n) is 5.56. The molecular weight excluding hydrogens is 220 g/mol.